The van der Waals surface area contributed by atoms with E-state index in [4.69, 9.17) is 11.6 Å². The first kappa shape index (κ1) is 16.5. The minimum atomic E-state index is -0.354. The Morgan fingerprint density at radius 2 is 1.88 bits per heavy atom. The summed E-state index contributed by atoms with van der Waals surface area (Å²) in [5.41, 5.74) is 3.74. The summed E-state index contributed by atoms with van der Waals surface area (Å²) in [6.07, 6.45) is 0.222. The van der Waals surface area contributed by atoms with Crippen molar-refractivity contribution in [2.45, 2.75) is 20.3 Å². The normalized spacial score (nSPS) is 17.2. The van der Waals surface area contributed by atoms with Gasteiger partial charge < -0.3 is 10.2 Å². The molecule has 0 aliphatic carbocycles. The molecular formula is C19H19ClN2O2. The number of anilines is 2. The standard InChI is InChI=1S/C19H19ClN2O2/c1-12-4-3-5-17(13(12)2)21-19(24)14-10-18(23)22(11-14)16-8-6-15(20)7-9-16/h3-9,14H,10-11H2,1-2H3,(H,21,24)/t14-/m0/s1. The number of hydrogen-bond donors (Lipinski definition) is 1. The predicted octanol–water partition coefficient (Wildman–Crippen LogP) is 3.95. The third-order valence-electron chi connectivity index (χ3n) is 4.50. The van der Waals surface area contributed by atoms with Gasteiger partial charge >= 0.3 is 0 Å². The molecule has 3 rings (SSSR count). The van der Waals surface area contributed by atoms with E-state index in [1.165, 1.54) is 0 Å². The highest BCUT2D eigenvalue weighted by Gasteiger charge is 2.35. The van der Waals surface area contributed by atoms with Gasteiger partial charge in [0, 0.05) is 29.4 Å². The minimum Gasteiger partial charge on any atom is -0.326 e. The van der Waals surface area contributed by atoms with Gasteiger partial charge in [-0.25, -0.2) is 0 Å². The van der Waals surface area contributed by atoms with Gasteiger partial charge in [0.05, 0.1) is 5.92 Å². The molecule has 0 spiro atoms. The Hall–Kier alpha value is -2.33. The number of rotatable bonds is 3. The minimum absolute atomic E-state index is 0.0431. The Balaban J connectivity index is 1.72. The molecule has 1 aliphatic heterocycles. The van der Waals surface area contributed by atoms with Crippen molar-refractivity contribution in [3.05, 3.63) is 58.6 Å². The number of amides is 2. The average molecular weight is 343 g/mol. The molecule has 4 nitrogen and oxygen atoms in total. The van der Waals surface area contributed by atoms with Crippen LogP contribution in [0.1, 0.15) is 17.5 Å². The fourth-order valence-corrected chi connectivity index (χ4v) is 3.00. The molecule has 0 unspecified atom stereocenters. The van der Waals surface area contributed by atoms with Gasteiger partial charge in [-0.15, -0.1) is 0 Å². The van der Waals surface area contributed by atoms with Gasteiger partial charge in [-0.2, -0.15) is 0 Å². The predicted molar refractivity (Wildman–Crippen MR) is 96.5 cm³/mol. The molecule has 1 heterocycles. The number of carbonyl (C=O) groups excluding carboxylic acids is 2. The molecule has 1 atom stereocenters. The molecule has 1 aliphatic rings. The third-order valence-corrected chi connectivity index (χ3v) is 4.75. The summed E-state index contributed by atoms with van der Waals surface area (Å²) in [4.78, 5) is 26.4. The Bertz CT molecular complexity index is 786. The van der Waals surface area contributed by atoms with Crippen LogP contribution in [0.3, 0.4) is 0 Å². The Morgan fingerprint density at radius 3 is 2.58 bits per heavy atom. The van der Waals surface area contributed by atoms with Crippen LogP contribution in [0.4, 0.5) is 11.4 Å². The maximum absolute atomic E-state index is 12.5. The van der Waals surface area contributed by atoms with Gasteiger partial charge in [0.15, 0.2) is 0 Å². The van der Waals surface area contributed by atoms with Crippen molar-refractivity contribution in [3.8, 4) is 0 Å². The zero-order chi connectivity index (χ0) is 17.3. The number of halogens is 1. The SMILES string of the molecule is Cc1cccc(NC(=O)[C@H]2CC(=O)N(c3ccc(Cl)cc3)C2)c1C. The van der Waals surface area contributed by atoms with E-state index >= 15 is 0 Å². The smallest absolute Gasteiger partial charge is 0.229 e. The van der Waals surface area contributed by atoms with E-state index in [0.717, 1.165) is 22.5 Å². The summed E-state index contributed by atoms with van der Waals surface area (Å²) in [5, 5.41) is 3.58. The van der Waals surface area contributed by atoms with Crippen molar-refractivity contribution < 1.29 is 9.59 Å². The second-order valence-electron chi connectivity index (χ2n) is 6.12. The molecule has 5 heteroatoms. The molecule has 0 aromatic heterocycles. The number of nitrogens with zero attached hydrogens (tertiary/aromatic N) is 1. The van der Waals surface area contributed by atoms with E-state index in [-0.39, 0.29) is 24.2 Å². The second kappa shape index (κ2) is 6.65. The fourth-order valence-electron chi connectivity index (χ4n) is 2.88. The number of carbonyl (C=O) groups is 2. The molecule has 2 aromatic carbocycles. The molecule has 2 aromatic rings. The van der Waals surface area contributed by atoms with E-state index in [2.05, 4.69) is 5.32 Å². The third kappa shape index (κ3) is 3.29. The Labute approximate surface area is 146 Å². The molecular weight excluding hydrogens is 324 g/mol. The van der Waals surface area contributed by atoms with Gasteiger partial charge in [-0.3, -0.25) is 9.59 Å². The summed E-state index contributed by atoms with van der Waals surface area (Å²) in [5.74, 6) is -0.514. The van der Waals surface area contributed by atoms with Crippen molar-refractivity contribution >= 4 is 34.8 Å². The van der Waals surface area contributed by atoms with Gasteiger partial charge in [0.1, 0.15) is 0 Å². The molecule has 0 radical (unpaired) electrons. The molecule has 2 amide bonds. The van der Waals surface area contributed by atoms with Crippen molar-refractivity contribution in [1.82, 2.24) is 0 Å². The lowest BCUT2D eigenvalue weighted by molar-refractivity contribution is -0.122. The van der Waals surface area contributed by atoms with E-state index in [9.17, 15) is 9.59 Å². The van der Waals surface area contributed by atoms with E-state index in [0.29, 0.717) is 11.6 Å². The zero-order valence-corrected chi connectivity index (χ0v) is 14.4. The lowest BCUT2D eigenvalue weighted by Gasteiger charge is -2.17. The summed E-state index contributed by atoms with van der Waals surface area (Å²) >= 11 is 5.88. The number of aryl methyl sites for hydroxylation is 1. The quantitative estimate of drug-likeness (QED) is 0.918. The lowest BCUT2D eigenvalue weighted by atomic mass is 10.1. The highest BCUT2D eigenvalue weighted by molar-refractivity contribution is 6.30. The first-order valence-electron chi connectivity index (χ1n) is 7.88. The van der Waals surface area contributed by atoms with Crippen LogP contribution in [0.15, 0.2) is 42.5 Å². The van der Waals surface area contributed by atoms with Crippen LogP contribution in [0.2, 0.25) is 5.02 Å². The van der Waals surface area contributed by atoms with Gasteiger partial charge in [-0.05, 0) is 55.3 Å². The lowest BCUT2D eigenvalue weighted by Crippen LogP contribution is -2.28. The number of nitrogens with one attached hydrogen (secondary N) is 1. The van der Waals surface area contributed by atoms with Gasteiger partial charge in [0.2, 0.25) is 11.8 Å². The molecule has 1 N–H and O–H groups in total. The summed E-state index contributed by atoms with van der Waals surface area (Å²) in [6, 6.07) is 12.9. The van der Waals surface area contributed by atoms with Crippen LogP contribution in [0.5, 0.6) is 0 Å². The monoisotopic (exact) mass is 342 g/mol. The summed E-state index contributed by atoms with van der Waals surface area (Å²) in [7, 11) is 0. The largest absolute Gasteiger partial charge is 0.326 e. The maximum atomic E-state index is 12.5. The van der Waals surface area contributed by atoms with E-state index in [1.54, 1.807) is 29.2 Å². The van der Waals surface area contributed by atoms with Crippen LogP contribution >= 0.6 is 11.6 Å². The van der Waals surface area contributed by atoms with Crippen LogP contribution in [-0.2, 0) is 9.59 Å². The highest BCUT2D eigenvalue weighted by Crippen LogP contribution is 2.27. The van der Waals surface area contributed by atoms with E-state index < -0.39 is 0 Å². The van der Waals surface area contributed by atoms with Crippen LogP contribution in [0, 0.1) is 19.8 Å². The first-order chi connectivity index (χ1) is 11.5. The number of hydrogen-bond acceptors (Lipinski definition) is 2. The van der Waals surface area contributed by atoms with Crippen molar-refractivity contribution in [1.29, 1.82) is 0 Å². The maximum Gasteiger partial charge on any atom is 0.229 e. The van der Waals surface area contributed by atoms with Crippen molar-refractivity contribution in [2.24, 2.45) is 5.92 Å². The highest BCUT2D eigenvalue weighted by atomic mass is 35.5. The van der Waals surface area contributed by atoms with Crippen LogP contribution in [-0.4, -0.2) is 18.4 Å². The van der Waals surface area contributed by atoms with Crippen molar-refractivity contribution in [3.63, 3.8) is 0 Å². The van der Waals surface area contributed by atoms with Crippen LogP contribution < -0.4 is 10.2 Å². The Kier molecular flexibility index (Phi) is 4.58. The summed E-state index contributed by atoms with van der Waals surface area (Å²) < 4.78 is 0. The molecule has 124 valence electrons. The fraction of sp³-hybridized carbons (Fsp3) is 0.263. The molecule has 1 saturated heterocycles. The molecule has 0 saturated carbocycles. The van der Waals surface area contributed by atoms with Gasteiger partial charge in [-0.1, -0.05) is 23.7 Å². The molecule has 1 fully saturated rings. The first-order valence-corrected chi connectivity index (χ1v) is 8.26. The Morgan fingerprint density at radius 1 is 1.17 bits per heavy atom. The van der Waals surface area contributed by atoms with E-state index in [1.807, 2.05) is 32.0 Å². The van der Waals surface area contributed by atoms with Crippen molar-refractivity contribution in [2.75, 3.05) is 16.8 Å². The molecule has 0 bridgehead atoms. The molecule has 24 heavy (non-hydrogen) atoms. The number of benzene rings is 2. The summed E-state index contributed by atoms with van der Waals surface area (Å²) in [6.45, 7) is 4.37. The zero-order valence-electron chi connectivity index (χ0n) is 13.7. The topological polar surface area (TPSA) is 49.4 Å². The second-order valence-corrected chi connectivity index (χ2v) is 6.55. The van der Waals surface area contributed by atoms with Gasteiger partial charge in [0.25, 0.3) is 0 Å². The average Bonchev–Trinajstić information content (AvgIpc) is 2.94. The van der Waals surface area contributed by atoms with Crippen LogP contribution in [0.25, 0.3) is 0 Å².